The van der Waals surface area contributed by atoms with E-state index in [0.29, 0.717) is 0 Å². The van der Waals surface area contributed by atoms with E-state index in [0.717, 1.165) is 20.3 Å². The van der Waals surface area contributed by atoms with Crippen molar-refractivity contribution < 1.29 is 0 Å². The van der Waals surface area contributed by atoms with E-state index in [2.05, 4.69) is 20.9 Å². The fraction of sp³-hybridized carbons (Fsp3) is 0. The van der Waals surface area contributed by atoms with Crippen LogP contribution in [0.3, 0.4) is 0 Å². The first-order chi connectivity index (χ1) is 5.77. The van der Waals surface area contributed by atoms with E-state index in [1.54, 1.807) is 12.4 Å². The molecule has 0 spiro atoms. The quantitative estimate of drug-likeness (QED) is 0.687. The molecule has 12 heavy (non-hydrogen) atoms. The highest BCUT2D eigenvalue weighted by molar-refractivity contribution is 9.10. The highest BCUT2D eigenvalue weighted by Gasteiger charge is 1.99. The molecule has 3 heteroatoms. The van der Waals surface area contributed by atoms with E-state index < -0.39 is 0 Å². The summed E-state index contributed by atoms with van der Waals surface area (Å²) in [6.45, 7) is 0. The van der Waals surface area contributed by atoms with Gasteiger partial charge in [-0.15, -0.1) is 0 Å². The molecule has 1 heterocycles. The Kier molecular flexibility index (Phi) is 2.03. The molecule has 0 atom stereocenters. The Morgan fingerprint density at radius 3 is 3.00 bits per heavy atom. The Bertz CT molecular complexity index is 428. The third kappa shape index (κ3) is 1.32. The van der Waals surface area contributed by atoms with Crippen LogP contribution in [0.1, 0.15) is 0 Å². The fourth-order valence-electron chi connectivity index (χ4n) is 1.13. The first kappa shape index (κ1) is 8.02. The molecule has 0 fully saturated rings. The Morgan fingerprint density at radius 2 is 2.17 bits per heavy atom. The lowest BCUT2D eigenvalue weighted by atomic mass is 10.2. The average molecular weight is 243 g/mol. The second-order valence-corrected chi connectivity index (χ2v) is 3.81. The summed E-state index contributed by atoms with van der Waals surface area (Å²) >= 11 is 9.38. The zero-order valence-electron chi connectivity index (χ0n) is 6.09. The molecule has 0 aliphatic heterocycles. The molecule has 1 aromatic carbocycles. The Labute approximate surface area is 83.5 Å². The summed E-state index contributed by atoms with van der Waals surface area (Å²) in [4.78, 5) is 4.02. The molecule has 0 radical (unpaired) electrons. The SMILES string of the molecule is Clc1cc(Br)cc2cnccc12. The predicted molar refractivity (Wildman–Crippen MR) is 54.5 cm³/mol. The van der Waals surface area contributed by atoms with Crippen LogP contribution in [-0.4, -0.2) is 4.98 Å². The van der Waals surface area contributed by atoms with E-state index >= 15 is 0 Å². The maximum absolute atomic E-state index is 6.00. The van der Waals surface area contributed by atoms with Gasteiger partial charge in [-0.25, -0.2) is 0 Å². The number of hydrogen-bond acceptors (Lipinski definition) is 1. The lowest BCUT2D eigenvalue weighted by Crippen LogP contribution is -1.76. The molecule has 0 N–H and O–H groups in total. The topological polar surface area (TPSA) is 12.9 Å². The first-order valence-electron chi connectivity index (χ1n) is 3.46. The van der Waals surface area contributed by atoms with Gasteiger partial charge in [0.15, 0.2) is 0 Å². The van der Waals surface area contributed by atoms with Crippen molar-refractivity contribution in [1.82, 2.24) is 4.98 Å². The highest BCUT2D eigenvalue weighted by atomic mass is 79.9. The third-order valence-electron chi connectivity index (χ3n) is 1.67. The van der Waals surface area contributed by atoms with Gasteiger partial charge < -0.3 is 0 Å². The maximum Gasteiger partial charge on any atom is 0.0496 e. The van der Waals surface area contributed by atoms with Gasteiger partial charge in [0.25, 0.3) is 0 Å². The lowest BCUT2D eigenvalue weighted by molar-refractivity contribution is 1.36. The highest BCUT2D eigenvalue weighted by Crippen LogP contribution is 2.26. The van der Waals surface area contributed by atoms with Crippen molar-refractivity contribution in [3.05, 3.63) is 40.1 Å². The smallest absolute Gasteiger partial charge is 0.0496 e. The molecular formula is C9H5BrClN. The molecule has 0 aliphatic carbocycles. The summed E-state index contributed by atoms with van der Waals surface area (Å²) in [7, 11) is 0. The lowest BCUT2D eigenvalue weighted by Gasteiger charge is -1.99. The standard InChI is InChI=1S/C9H5BrClN/c10-7-3-6-5-12-2-1-8(6)9(11)4-7/h1-5H. The minimum Gasteiger partial charge on any atom is -0.264 e. The van der Waals surface area contributed by atoms with Gasteiger partial charge in [-0.05, 0) is 18.2 Å². The van der Waals surface area contributed by atoms with Crippen LogP contribution >= 0.6 is 27.5 Å². The van der Waals surface area contributed by atoms with E-state index in [4.69, 9.17) is 11.6 Å². The van der Waals surface area contributed by atoms with E-state index in [9.17, 15) is 0 Å². The molecule has 0 amide bonds. The molecule has 0 saturated heterocycles. The number of fused-ring (bicyclic) bond motifs is 1. The normalized spacial score (nSPS) is 10.5. The summed E-state index contributed by atoms with van der Waals surface area (Å²) in [5.74, 6) is 0. The zero-order valence-corrected chi connectivity index (χ0v) is 8.43. The van der Waals surface area contributed by atoms with Gasteiger partial charge in [-0.1, -0.05) is 27.5 Å². The molecule has 1 aromatic heterocycles. The summed E-state index contributed by atoms with van der Waals surface area (Å²) in [6, 6.07) is 5.78. The summed E-state index contributed by atoms with van der Waals surface area (Å²) in [5, 5.41) is 2.84. The molecule has 0 aliphatic rings. The summed E-state index contributed by atoms with van der Waals surface area (Å²) in [5.41, 5.74) is 0. The molecule has 0 bridgehead atoms. The van der Waals surface area contributed by atoms with Crippen molar-refractivity contribution >= 4 is 38.3 Å². The van der Waals surface area contributed by atoms with Crippen molar-refractivity contribution in [2.24, 2.45) is 0 Å². The van der Waals surface area contributed by atoms with Gasteiger partial charge in [0, 0.05) is 32.7 Å². The summed E-state index contributed by atoms with van der Waals surface area (Å²) < 4.78 is 0.980. The second kappa shape index (κ2) is 3.04. The Balaban J connectivity index is 2.89. The van der Waals surface area contributed by atoms with Crippen molar-refractivity contribution in [3.63, 3.8) is 0 Å². The molecule has 2 aromatic rings. The van der Waals surface area contributed by atoms with Gasteiger partial charge in [-0.3, -0.25) is 4.98 Å². The van der Waals surface area contributed by atoms with Crippen molar-refractivity contribution in [1.29, 1.82) is 0 Å². The van der Waals surface area contributed by atoms with Crippen LogP contribution in [0.5, 0.6) is 0 Å². The molecule has 0 saturated carbocycles. The van der Waals surface area contributed by atoms with Crippen molar-refractivity contribution in [2.45, 2.75) is 0 Å². The van der Waals surface area contributed by atoms with Gasteiger partial charge in [-0.2, -0.15) is 0 Å². The van der Waals surface area contributed by atoms with Crippen LogP contribution in [0, 0.1) is 0 Å². The van der Waals surface area contributed by atoms with Crippen molar-refractivity contribution in [2.75, 3.05) is 0 Å². The first-order valence-corrected chi connectivity index (χ1v) is 4.63. The number of nitrogens with zero attached hydrogens (tertiary/aromatic N) is 1. The molecule has 1 nitrogen and oxygen atoms in total. The van der Waals surface area contributed by atoms with Gasteiger partial charge in [0.05, 0.1) is 0 Å². The van der Waals surface area contributed by atoms with Crippen LogP contribution in [-0.2, 0) is 0 Å². The average Bonchev–Trinajstić information content (AvgIpc) is 2.04. The van der Waals surface area contributed by atoms with Gasteiger partial charge >= 0.3 is 0 Å². The number of halogens is 2. The Hall–Kier alpha value is -0.600. The van der Waals surface area contributed by atoms with Gasteiger partial charge in [0.1, 0.15) is 0 Å². The maximum atomic E-state index is 6.00. The van der Waals surface area contributed by atoms with Crippen molar-refractivity contribution in [3.8, 4) is 0 Å². The Morgan fingerprint density at radius 1 is 1.33 bits per heavy atom. The largest absolute Gasteiger partial charge is 0.264 e. The molecule has 0 unspecified atom stereocenters. The fourth-order valence-corrected chi connectivity index (χ4v) is 2.03. The second-order valence-electron chi connectivity index (χ2n) is 2.48. The van der Waals surface area contributed by atoms with Crippen LogP contribution in [0.25, 0.3) is 10.8 Å². The van der Waals surface area contributed by atoms with Crippen LogP contribution in [0.4, 0.5) is 0 Å². The van der Waals surface area contributed by atoms with E-state index in [-0.39, 0.29) is 0 Å². The monoisotopic (exact) mass is 241 g/mol. The van der Waals surface area contributed by atoms with E-state index in [1.165, 1.54) is 0 Å². The number of rotatable bonds is 0. The minimum absolute atomic E-state index is 0.752. The van der Waals surface area contributed by atoms with E-state index in [1.807, 2.05) is 18.2 Å². The molecule has 60 valence electrons. The van der Waals surface area contributed by atoms with Gasteiger partial charge in [0.2, 0.25) is 0 Å². The summed E-state index contributed by atoms with van der Waals surface area (Å²) in [6.07, 6.45) is 3.54. The number of pyridine rings is 1. The zero-order chi connectivity index (χ0) is 8.55. The van der Waals surface area contributed by atoms with Crippen LogP contribution in [0.2, 0.25) is 5.02 Å². The molecule has 2 rings (SSSR count). The predicted octanol–water partition coefficient (Wildman–Crippen LogP) is 3.65. The van der Waals surface area contributed by atoms with Crippen LogP contribution in [0.15, 0.2) is 35.1 Å². The van der Waals surface area contributed by atoms with Crippen LogP contribution < -0.4 is 0 Å². The number of benzene rings is 1. The molecular weight excluding hydrogens is 237 g/mol. The third-order valence-corrected chi connectivity index (χ3v) is 2.44. The number of hydrogen-bond donors (Lipinski definition) is 0. The minimum atomic E-state index is 0.752. The number of aromatic nitrogens is 1.